The quantitative estimate of drug-likeness (QED) is 0.632. The van der Waals surface area contributed by atoms with Crippen molar-refractivity contribution in [3.05, 3.63) is 53.6 Å². The van der Waals surface area contributed by atoms with Crippen LogP contribution < -0.4 is 19.5 Å². The van der Waals surface area contributed by atoms with Gasteiger partial charge < -0.3 is 19.5 Å². The molecule has 0 aromatic heterocycles. The van der Waals surface area contributed by atoms with Gasteiger partial charge >= 0.3 is 0 Å². The van der Waals surface area contributed by atoms with Crippen molar-refractivity contribution in [2.45, 2.75) is 32.7 Å². The zero-order valence-electron chi connectivity index (χ0n) is 16.5. The molecule has 6 nitrogen and oxygen atoms in total. The number of ether oxygens (including phenoxy) is 3. The van der Waals surface area contributed by atoms with Gasteiger partial charge in [0.25, 0.3) is 0 Å². The summed E-state index contributed by atoms with van der Waals surface area (Å²) < 4.78 is 17.0. The van der Waals surface area contributed by atoms with E-state index in [2.05, 4.69) is 31.3 Å². The third kappa shape index (κ3) is 6.20. The molecule has 1 N–H and O–H groups in total. The molecule has 148 valence electrons. The van der Waals surface area contributed by atoms with E-state index in [9.17, 15) is 4.79 Å². The number of amides is 1. The maximum absolute atomic E-state index is 11.5. The molecule has 0 saturated carbocycles. The SMILES string of the molecule is COc1cccc(CNC(=O)CC#N)c1OCCOc1ccc(C(C)C)cc1. The number of nitrogens with one attached hydrogen (secondary N) is 1. The second-order valence-corrected chi connectivity index (χ2v) is 6.48. The maximum atomic E-state index is 11.5. The summed E-state index contributed by atoms with van der Waals surface area (Å²) in [4.78, 5) is 11.5. The summed E-state index contributed by atoms with van der Waals surface area (Å²) in [6, 6.07) is 15.3. The monoisotopic (exact) mass is 382 g/mol. The van der Waals surface area contributed by atoms with E-state index in [4.69, 9.17) is 19.5 Å². The van der Waals surface area contributed by atoms with Crippen LogP contribution in [0.15, 0.2) is 42.5 Å². The lowest BCUT2D eigenvalue weighted by atomic mass is 10.0. The van der Waals surface area contributed by atoms with Crippen LogP contribution in [0.4, 0.5) is 0 Å². The molecular formula is C22H26N2O4. The van der Waals surface area contributed by atoms with Crippen LogP contribution in [0, 0.1) is 11.3 Å². The Bertz CT molecular complexity index is 810. The first-order chi connectivity index (χ1) is 13.5. The lowest BCUT2D eigenvalue weighted by Gasteiger charge is -2.16. The Morgan fingerprint density at radius 1 is 1.11 bits per heavy atom. The Labute approximate surface area is 166 Å². The second kappa shape index (κ2) is 10.8. The van der Waals surface area contributed by atoms with Crippen molar-refractivity contribution < 1.29 is 19.0 Å². The predicted molar refractivity (Wildman–Crippen MR) is 107 cm³/mol. The van der Waals surface area contributed by atoms with Crippen LogP contribution in [-0.4, -0.2) is 26.2 Å². The molecule has 6 heteroatoms. The molecule has 2 rings (SSSR count). The van der Waals surface area contributed by atoms with Crippen molar-refractivity contribution in [3.63, 3.8) is 0 Å². The molecular weight excluding hydrogens is 356 g/mol. The van der Waals surface area contributed by atoms with Gasteiger partial charge in [0.1, 0.15) is 25.4 Å². The van der Waals surface area contributed by atoms with Gasteiger partial charge in [-0.15, -0.1) is 0 Å². The molecule has 0 aliphatic heterocycles. The molecule has 1 amide bonds. The summed E-state index contributed by atoms with van der Waals surface area (Å²) in [5.74, 6) is 2.07. The summed E-state index contributed by atoms with van der Waals surface area (Å²) in [5, 5.41) is 11.3. The Balaban J connectivity index is 1.93. The van der Waals surface area contributed by atoms with E-state index in [1.165, 1.54) is 5.56 Å². The van der Waals surface area contributed by atoms with Crippen molar-refractivity contribution in [1.82, 2.24) is 5.32 Å². The highest BCUT2D eigenvalue weighted by Gasteiger charge is 2.12. The number of hydrogen-bond acceptors (Lipinski definition) is 5. The molecule has 0 saturated heterocycles. The van der Waals surface area contributed by atoms with Crippen LogP contribution in [0.3, 0.4) is 0 Å². The van der Waals surface area contributed by atoms with E-state index in [0.29, 0.717) is 30.6 Å². The van der Waals surface area contributed by atoms with Gasteiger partial charge in [-0.25, -0.2) is 0 Å². The smallest absolute Gasteiger partial charge is 0.234 e. The number of nitrogens with zero attached hydrogens (tertiary/aromatic N) is 1. The molecule has 0 bridgehead atoms. The van der Waals surface area contributed by atoms with Gasteiger partial charge in [-0.3, -0.25) is 4.79 Å². The van der Waals surface area contributed by atoms with Crippen LogP contribution in [0.2, 0.25) is 0 Å². The lowest BCUT2D eigenvalue weighted by Crippen LogP contribution is -2.22. The molecule has 28 heavy (non-hydrogen) atoms. The standard InChI is InChI=1S/C22H26N2O4/c1-16(2)17-7-9-19(10-8-17)27-13-14-28-22-18(5-4-6-20(22)26-3)15-24-21(25)11-12-23/h4-10,16H,11,13-15H2,1-3H3,(H,24,25). The molecule has 0 aliphatic rings. The van der Waals surface area contributed by atoms with Gasteiger partial charge in [-0.1, -0.05) is 38.1 Å². The first-order valence-corrected chi connectivity index (χ1v) is 9.20. The highest BCUT2D eigenvalue weighted by molar-refractivity contribution is 5.78. The van der Waals surface area contributed by atoms with Crippen molar-refractivity contribution >= 4 is 5.91 Å². The summed E-state index contributed by atoms with van der Waals surface area (Å²) in [5.41, 5.74) is 2.03. The molecule has 0 aliphatic carbocycles. The molecule has 0 fully saturated rings. The summed E-state index contributed by atoms with van der Waals surface area (Å²) >= 11 is 0. The Hall–Kier alpha value is -3.20. The minimum atomic E-state index is -0.329. The van der Waals surface area contributed by atoms with Crippen LogP contribution in [0.25, 0.3) is 0 Å². The average molecular weight is 382 g/mol. The number of rotatable bonds is 10. The van der Waals surface area contributed by atoms with Crippen LogP contribution in [0.5, 0.6) is 17.2 Å². The highest BCUT2D eigenvalue weighted by Crippen LogP contribution is 2.31. The van der Waals surface area contributed by atoms with Gasteiger partial charge in [-0.05, 0) is 29.7 Å². The van der Waals surface area contributed by atoms with Gasteiger partial charge in [0.15, 0.2) is 11.5 Å². The van der Waals surface area contributed by atoms with Crippen molar-refractivity contribution in [3.8, 4) is 23.3 Å². The number of benzene rings is 2. The zero-order valence-corrected chi connectivity index (χ0v) is 16.5. The fraction of sp³-hybridized carbons (Fsp3) is 0.364. The minimum absolute atomic E-state index is 0.177. The number of carbonyl (C=O) groups excluding carboxylic acids is 1. The second-order valence-electron chi connectivity index (χ2n) is 6.48. The minimum Gasteiger partial charge on any atom is -0.493 e. The van der Waals surface area contributed by atoms with Crippen LogP contribution >= 0.6 is 0 Å². The number of para-hydroxylation sites is 1. The summed E-state index contributed by atoms with van der Waals surface area (Å²) in [7, 11) is 1.56. The van der Waals surface area contributed by atoms with Crippen molar-refractivity contribution in [1.29, 1.82) is 5.26 Å². The Kier molecular flexibility index (Phi) is 8.16. The average Bonchev–Trinajstić information content (AvgIpc) is 2.70. The normalized spacial score (nSPS) is 10.2. The fourth-order valence-corrected chi connectivity index (χ4v) is 2.61. The Morgan fingerprint density at radius 2 is 1.82 bits per heavy atom. The van der Waals surface area contributed by atoms with E-state index < -0.39 is 0 Å². The lowest BCUT2D eigenvalue weighted by molar-refractivity contribution is -0.120. The zero-order chi connectivity index (χ0) is 20.4. The maximum Gasteiger partial charge on any atom is 0.234 e. The molecule has 0 spiro atoms. The fourth-order valence-electron chi connectivity index (χ4n) is 2.61. The predicted octanol–water partition coefficient (Wildman–Crippen LogP) is 3.81. The number of carbonyl (C=O) groups is 1. The van der Waals surface area contributed by atoms with Crippen LogP contribution in [0.1, 0.15) is 37.3 Å². The third-order valence-corrected chi connectivity index (χ3v) is 4.14. The first kappa shape index (κ1) is 21.1. The van der Waals surface area contributed by atoms with Gasteiger partial charge in [-0.2, -0.15) is 5.26 Å². The van der Waals surface area contributed by atoms with E-state index >= 15 is 0 Å². The molecule has 0 atom stereocenters. The highest BCUT2D eigenvalue weighted by atomic mass is 16.5. The first-order valence-electron chi connectivity index (χ1n) is 9.20. The molecule has 0 unspecified atom stereocenters. The summed E-state index contributed by atoms with van der Waals surface area (Å²) in [6.45, 7) is 5.25. The topological polar surface area (TPSA) is 80.6 Å². The number of methoxy groups -OCH3 is 1. The van der Waals surface area contributed by atoms with E-state index in [1.807, 2.05) is 30.3 Å². The summed E-state index contributed by atoms with van der Waals surface area (Å²) in [6.07, 6.45) is -0.177. The number of nitriles is 1. The van der Waals surface area contributed by atoms with Gasteiger partial charge in [0, 0.05) is 12.1 Å². The van der Waals surface area contributed by atoms with E-state index in [-0.39, 0.29) is 18.9 Å². The molecule has 2 aromatic carbocycles. The third-order valence-electron chi connectivity index (χ3n) is 4.14. The molecule has 2 aromatic rings. The van der Waals surface area contributed by atoms with E-state index in [1.54, 1.807) is 13.2 Å². The molecule has 0 radical (unpaired) electrons. The number of hydrogen-bond donors (Lipinski definition) is 1. The van der Waals surface area contributed by atoms with Gasteiger partial charge in [0.2, 0.25) is 5.91 Å². The van der Waals surface area contributed by atoms with Crippen molar-refractivity contribution in [2.24, 2.45) is 0 Å². The van der Waals surface area contributed by atoms with Gasteiger partial charge in [0.05, 0.1) is 13.2 Å². The molecule has 0 heterocycles. The largest absolute Gasteiger partial charge is 0.493 e. The van der Waals surface area contributed by atoms with Crippen molar-refractivity contribution in [2.75, 3.05) is 20.3 Å². The van der Waals surface area contributed by atoms with E-state index in [0.717, 1.165) is 11.3 Å². The Morgan fingerprint density at radius 3 is 2.46 bits per heavy atom. The van der Waals surface area contributed by atoms with Crippen LogP contribution in [-0.2, 0) is 11.3 Å².